The van der Waals surface area contributed by atoms with Crippen LogP contribution >= 0.6 is 0 Å². The second-order valence-corrected chi connectivity index (χ2v) is 18.5. The molecule has 3 fully saturated rings. The molecule has 0 aromatic heterocycles. The Morgan fingerprint density at radius 1 is 0.980 bits per heavy atom. The van der Waals surface area contributed by atoms with Crippen LogP contribution in [0.15, 0.2) is 12.7 Å². The molecule has 1 aliphatic carbocycles. The van der Waals surface area contributed by atoms with Crippen LogP contribution in [0.2, 0.25) is 0 Å². The van der Waals surface area contributed by atoms with Gasteiger partial charge in [0.05, 0.1) is 22.1 Å². The lowest BCUT2D eigenvalue weighted by atomic mass is 9.83. The van der Waals surface area contributed by atoms with Crippen LogP contribution in [0, 0.1) is 11.8 Å². The van der Waals surface area contributed by atoms with Crippen LogP contribution in [0.3, 0.4) is 0 Å². The van der Waals surface area contributed by atoms with Crippen molar-refractivity contribution in [1.82, 2.24) is 26.2 Å². The third kappa shape index (κ3) is 11.3. The number of ketones is 1. The Bertz CT molecular complexity index is 1300. The highest BCUT2D eigenvalue weighted by Gasteiger charge is 2.45. The van der Waals surface area contributed by atoms with Crippen molar-refractivity contribution in [3.63, 3.8) is 0 Å². The van der Waals surface area contributed by atoms with Gasteiger partial charge in [0.1, 0.15) is 12.1 Å². The Morgan fingerprint density at radius 2 is 1.57 bits per heavy atom. The maximum atomic E-state index is 14.4. The van der Waals surface area contributed by atoms with Crippen molar-refractivity contribution in [2.75, 3.05) is 18.8 Å². The van der Waals surface area contributed by atoms with E-state index >= 15 is 0 Å². The molecule has 13 heteroatoms. The van der Waals surface area contributed by atoms with Crippen LogP contribution in [-0.2, 0) is 29.0 Å². The topological polar surface area (TPSA) is 171 Å². The van der Waals surface area contributed by atoms with Crippen molar-refractivity contribution in [1.29, 1.82) is 0 Å². The molecule has 278 valence electrons. The molecule has 5 amide bonds. The largest absolute Gasteiger partial charge is 0.346 e. The number of hydrogen-bond acceptors (Lipinski definition) is 7. The highest BCUT2D eigenvalue weighted by Crippen LogP contribution is 2.33. The first-order valence-corrected chi connectivity index (χ1v) is 20.0. The molecule has 4 atom stereocenters. The van der Waals surface area contributed by atoms with Crippen molar-refractivity contribution in [3.8, 4) is 0 Å². The van der Waals surface area contributed by atoms with Crippen LogP contribution < -0.4 is 21.3 Å². The second kappa shape index (κ2) is 17.8. The fraction of sp³-hybridized carbons (Fsp3) is 0.806. The van der Waals surface area contributed by atoms with Crippen LogP contribution in [0.1, 0.15) is 125 Å². The van der Waals surface area contributed by atoms with Gasteiger partial charge >= 0.3 is 6.03 Å². The summed E-state index contributed by atoms with van der Waals surface area (Å²) in [7, 11) is -3.55. The number of amides is 5. The first-order valence-electron chi connectivity index (χ1n) is 18.3. The quantitative estimate of drug-likeness (QED) is 0.208. The van der Waals surface area contributed by atoms with E-state index in [9.17, 15) is 32.4 Å². The smallest absolute Gasteiger partial charge is 0.315 e. The number of rotatable bonds is 9. The van der Waals surface area contributed by atoms with Crippen molar-refractivity contribution < 1.29 is 32.4 Å². The van der Waals surface area contributed by atoms with E-state index in [2.05, 4.69) is 27.8 Å². The predicted octanol–water partition coefficient (Wildman–Crippen LogP) is 3.93. The van der Waals surface area contributed by atoms with Crippen molar-refractivity contribution in [2.24, 2.45) is 11.8 Å². The third-order valence-electron chi connectivity index (χ3n) is 10.6. The minimum absolute atomic E-state index is 0.0196. The van der Waals surface area contributed by atoms with Gasteiger partial charge in [0.15, 0.2) is 9.84 Å². The summed E-state index contributed by atoms with van der Waals surface area (Å²) < 4.78 is 25.6. The Morgan fingerprint density at radius 3 is 2.16 bits per heavy atom. The molecular formula is C36H61N5O7S. The number of carbonyl (C=O) groups excluding carboxylic acids is 5. The number of nitrogens with one attached hydrogen (secondary N) is 4. The van der Waals surface area contributed by atoms with E-state index in [0.29, 0.717) is 51.5 Å². The molecule has 0 bridgehead atoms. The summed E-state index contributed by atoms with van der Waals surface area (Å²) in [6, 6.07) is -3.40. The molecule has 0 aromatic rings. The summed E-state index contributed by atoms with van der Waals surface area (Å²) >= 11 is 0. The molecule has 4 N–H and O–H groups in total. The van der Waals surface area contributed by atoms with Gasteiger partial charge in [-0.05, 0) is 64.7 Å². The molecule has 3 rings (SSSR count). The van der Waals surface area contributed by atoms with E-state index in [1.807, 2.05) is 13.8 Å². The summed E-state index contributed by atoms with van der Waals surface area (Å²) in [6.07, 6.45) is 11.0. The monoisotopic (exact) mass is 707 g/mol. The first kappa shape index (κ1) is 40.5. The fourth-order valence-electron chi connectivity index (χ4n) is 7.20. The van der Waals surface area contributed by atoms with Crippen molar-refractivity contribution in [2.45, 2.75) is 153 Å². The van der Waals surface area contributed by atoms with E-state index in [0.717, 1.165) is 44.9 Å². The lowest BCUT2D eigenvalue weighted by Gasteiger charge is -2.40. The average molecular weight is 708 g/mol. The molecule has 0 spiro atoms. The van der Waals surface area contributed by atoms with Gasteiger partial charge in [0.2, 0.25) is 17.6 Å². The van der Waals surface area contributed by atoms with E-state index < -0.39 is 61.9 Å². The molecule has 0 radical (unpaired) electrons. The van der Waals surface area contributed by atoms with Gasteiger partial charge in [0, 0.05) is 13.1 Å². The van der Waals surface area contributed by atoms with Gasteiger partial charge in [-0.15, -0.1) is 6.58 Å². The van der Waals surface area contributed by atoms with Gasteiger partial charge < -0.3 is 26.2 Å². The molecular weight excluding hydrogens is 646 g/mol. The number of hydrogen-bond donors (Lipinski definition) is 4. The van der Waals surface area contributed by atoms with Crippen molar-refractivity contribution >= 4 is 39.4 Å². The van der Waals surface area contributed by atoms with Gasteiger partial charge in [-0.1, -0.05) is 77.7 Å². The molecule has 3 aliphatic rings. The van der Waals surface area contributed by atoms with Crippen LogP contribution in [0.25, 0.3) is 0 Å². The van der Waals surface area contributed by atoms with E-state index in [1.54, 1.807) is 20.8 Å². The Kier molecular flexibility index (Phi) is 14.7. The highest BCUT2D eigenvalue weighted by atomic mass is 32.2. The van der Waals surface area contributed by atoms with Crippen LogP contribution in [-0.4, -0.2) is 90.1 Å². The van der Waals surface area contributed by atoms with Crippen molar-refractivity contribution in [3.05, 3.63) is 12.7 Å². The molecule has 1 saturated carbocycles. The van der Waals surface area contributed by atoms with Gasteiger partial charge in [-0.2, -0.15) is 0 Å². The standard InChI is InChI=1S/C36H61N5O7S/c1-7-21-37-32(44)30(42)27-17-13-10-8-9-11-14-18-28(33(45)41-23-26(25(2)3)22-29(41)31(43)38-27)39-34(46)40-36(19-15-12-16-20-36)24-49(47,48)35(4,5)6/h7,25-29H,1,8-24H2,2-6H3,(H,37,44)(H,38,43)(H2,39,40,46)/t26-,27+,28+,29?/m1/s1. The summed E-state index contributed by atoms with van der Waals surface area (Å²) in [4.78, 5) is 69.2. The molecule has 2 heterocycles. The van der Waals surface area contributed by atoms with Gasteiger partial charge in [-0.3, -0.25) is 19.2 Å². The first-order chi connectivity index (χ1) is 23.0. The molecule has 1 unspecified atom stereocenters. The lowest BCUT2D eigenvalue weighted by molar-refractivity contribution is -0.142. The van der Waals surface area contributed by atoms with E-state index in [4.69, 9.17) is 0 Å². The number of urea groups is 1. The fourth-order valence-corrected chi connectivity index (χ4v) is 8.72. The number of nitrogens with zero attached hydrogens (tertiary/aromatic N) is 1. The molecule has 49 heavy (non-hydrogen) atoms. The molecule has 0 aromatic carbocycles. The third-order valence-corrected chi connectivity index (χ3v) is 13.4. The summed E-state index contributed by atoms with van der Waals surface area (Å²) in [5.41, 5.74) is -0.935. The zero-order valence-corrected chi connectivity index (χ0v) is 31.2. The predicted molar refractivity (Wildman–Crippen MR) is 190 cm³/mol. The maximum absolute atomic E-state index is 14.4. The molecule has 2 saturated heterocycles. The van der Waals surface area contributed by atoms with Crippen LogP contribution in [0.5, 0.6) is 0 Å². The SMILES string of the molecule is C=CCNC(=O)C(=O)[C@@H]1CCCCCCCC[C@H](NC(=O)NC2(CS(=O)(=O)C(C)(C)C)CCCCC2)C(=O)N2C[C@H](C(C)C)CC2C(=O)N1. The minimum Gasteiger partial charge on any atom is -0.346 e. The van der Waals surface area contributed by atoms with E-state index in [1.165, 1.54) is 11.0 Å². The number of sulfone groups is 1. The van der Waals surface area contributed by atoms with Crippen LogP contribution in [0.4, 0.5) is 4.79 Å². The Balaban J connectivity index is 1.88. The Labute approximate surface area is 293 Å². The van der Waals surface area contributed by atoms with Gasteiger partial charge in [-0.25, -0.2) is 13.2 Å². The minimum atomic E-state index is -3.55. The molecule has 12 nitrogen and oxygen atoms in total. The normalized spacial score (nSPS) is 26.0. The zero-order chi connectivity index (χ0) is 36.4. The Hall–Kier alpha value is -2.96. The second-order valence-electron chi connectivity index (χ2n) is 15.7. The number of Topliss-reactive ketones (excluding diaryl/α,β-unsaturated/α-hetero) is 1. The lowest BCUT2D eigenvalue weighted by Crippen LogP contribution is -2.61. The van der Waals surface area contributed by atoms with E-state index in [-0.39, 0.29) is 30.0 Å². The summed E-state index contributed by atoms with van der Waals surface area (Å²) in [5.74, 6) is -2.36. The summed E-state index contributed by atoms with van der Waals surface area (Å²) in [5, 5.41) is 11.3. The number of fused-ring (bicyclic) bond motifs is 1. The highest BCUT2D eigenvalue weighted by molar-refractivity contribution is 7.92. The zero-order valence-electron chi connectivity index (χ0n) is 30.4. The van der Waals surface area contributed by atoms with Gasteiger partial charge in [0.25, 0.3) is 5.91 Å². The molecule has 2 aliphatic heterocycles. The summed E-state index contributed by atoms with van der Waals surface area (Å²) in [6.45, 7) is 13.1. The number of carbonyl (C=O) groups is 5. The average Bonchev–Trinajstić information content (AvgIpc) is 3.48. The maximum Gasteiger partial charge on any atom is 0.315 e.